The number of piperidine rings is 2. The van der Waals surface area contributed by atoms with Crippen LogP contribution in [0.3, 0.4) is 0 Å². The number of phenolic OH excluding ortho intramolecular Hbond substituents is 1. The molecule has 6 nitrogen and oxygen atoms in total. The van der Waals surface area contributed by atoms with Gasteiger partial charge in [0.2, 0.25) is 5.91 Å². The first kappa shape index (κ1) is 19.5. The van der Waals surface area contributed by atoms with Crippen molar-refractivity contribution in [3.05, 3.63) is 23.8 Å². The average molecular weight is 388 g/mol. The van der Waals surface area contributed by atoms with Crippen molar-refractivity contribution >= 4 is 5.91 Å². The Hall–Kier alpha value is -1.79. The van der Waals surface area contributed by atoms with Gasteiger partial charge in [-0.05, 0) is 75.9 Å². The Morgan fingerprint density at radius 2 is 1.96 bits per heavy atom. The predicted octanol–water partition coefficient (Wildman–Crippen LogP) is 2.36. The first-order chi connectivity index (χ1) is 13.6. The number of ether oxygens (including phenoxy) is 1. The number of nitrogens with one attached hydrogen (secondary N) is 1. The minimum absolute atomic E-state index is 0.176. The first-order valence-corrected chi connectivity index (χ1v) is 10.7. The standard InChI is InChI=1S/C22H33N3O3/c1-28-21-7-4-16(13-20(21)26)14-24-11-8-19(9-12-24)25-10-2-3-17(15-25)22(27)23-18-5-6-18/h4,7,13,17-19,26H,2-3,5-6,8-12,14-15H2,1H3,(H,23,27). The molecular formula is C22H33N3O3. The molecule has 0 radical (unpaired) electrons. The number of methoxy groups -OCH3 is 1. The van der Waals surface area contributed by atoms with E-state index in [1.165, 1.54) is 0 Å². The molecular weight excluding hydrogens is 354 g/mol. The van der Waals surface area contributed by atoms with Gasteiger partial charge in [-0.2, -0.15) is 0 Å². The summed E-state index contributed by atoms with van der Waals surface area (Å²) in [5.41, 5.74) is 1.12. The lowest BCUT2D eigenvalue weighted by atomic mass is 9.93. The number of phenols is 1. The fourth-order valence-corrected chi connectivity index (χ4v) is 4.63. The molecule has 28 heavy (non-hydrogen) atoms. The quantitative estimate of drug-likeness (QED) is 0.785. The van der Waals surface area contributed by atoms with E-state index in [1.807, 2.05) is 12.1 Å². The van der Waals surface area contributed by atoms with Crippen LogP contribution in [0.2, 0.25) is 0 Å². The molecule has 1 amide bonds. The normalized spacial score (nSPS) is 24.8. The Bertz CT molecular complexity index is 684. The molecule has 4 rings (SSSR count). The van der Waals surface area contributed by atoms with Crippen molar-refractivity contribution in [1.29, 1.82) is 0 Å². The third kappa shape index (κ3) is 4.78. The number of aromatic hydroxyl groups is 1. The summed E-state index contributed by atoms with van der Waals surface area (Å²) >= 11 is 0. The first-order valence-electron chi connectivity index (χ1n) is 10.7. The molecule has 1 atom stereocenters. The van der Waals surface area contributed by atoms with E-state index in [1.54, 1.807) is 13.2 Å². The van der Waals surface area contributed by atoms with Crippen molar-refractivity contribution in [3.63, 3.8) is 0 Å². The maximum atomic E-state index is 12.4. The predicted molar refractivity (Wildman–Crippen MR) is 108 cm³/mol. The third-order valence-corrected chi connectivity index (χ3v) is 6.47. The van der Waals surface area contributed by atoms with Crippen LogP contribution in [0.4, 0.5) is 0 Å². The zero-order valence-corrected chi connectivity index (χ0v) is 16.9. The molecule has 2 saturated heterocycles. The second kappa shape index (κ2) is 8.70. The van der Waals surface area contributed by atoms with E-state index in [0.717, 1.165) is 76.8 Å². The number of carbonyl (C=O) groups is 1. The van der Waals surface area contributed by atoms with E-state index in [-0.39, 0.29) is 17.6 Å². The molecule has 0 bridgehead atoms. The van der Waals surface area contributed by atoms with Crippen molar-refractivity contribution < 1.29 is 14.6 Å². The van der Waals surface area contributed by atoms with Crippen molar-refractivity contribution in [3.8, 4) is 11.5 Å². The van der Waals surface area contributed by atoms with Crippen LogP contribution < -0.4 is 10.1 Å². The summed E-state index contributed by atoms with van der Waals surface area (Å²) in [6.07, 6.45) is 6.79. The lowest BCUT2D eigenvalue weighted by molar-refractivity contribution is -0.127. The molecule has 2 N–H and O–H groups in total. The van der Waals surface area contributed by atoms with E-state index in [0.29, 0.717) is 17.8 Å². The zero-order valence-electron chi connectivity index (χ0n) is 16.9. The van der Waals surface area contributed by atoms with E-state index in [4.69, 9.17) is 4.74 Å². The SMILES string of the molecule is COc1ccc(CN2CCC(N3CCCC(C(=O)NC4CC4)C3)CC2)cc1O. The summed E-state index contributed by atoms with van der Waals surface area (Å²) in [7, 11) is 1.57. The summed E-state index contributed by atoms with van der Waals surface area (Å²) in [5.74, 6) is 1.19. The highest BCUT2D eigenvalue weighted by Crippen LogP contribution is 2.29. The molecule has 3 aliphatic rings. The van der Waals surface area contributed by atoms with Crippen LogP contribution in [0.1, 0.15) is 44.1 Å². The number of amides is 1. The van der Waals surface area contributed by atoms with Crippen LogP contribution in [0, 0.1) is 5.92 Å². The van der Waals surface area contributed by atoms with Crippen molar-refractivity contribution in [2.45, 2.75) is 57.2 Å². The summed E-state index contributed by atoms with van der Waals surface area (Å²) in [4.78, 5) is 17.5. The zero-order chi connectivity index (χ0) is 19.5. The number of hydrogen-bond acceptors (Lipinski definition) is 5. The van der Waals surface area contributed by atoms with Crippen LogP contribution in [0.15, 0.2) is 18.2 Å². The number of nitrogens with zero attached hydrogens (tertiary/aromatic N) is 2. The van der Waals surface area contributed by atoms with Crippen LogP contribution in [0.5, 0.6) is 11.5 Å². The molecule has 154 valence electrons. The summed E-state index contributed by atoms with van der Waals surface area (Å²) in [6, 6.07) is 6.72. The van der Waals surface area contributed by atoms with Crippen molar-refractivity contribution in [2.75, 3.05) is 33.3 Å². The summed E-state index contributed by atoms with van der Waals surface area (Å²) < 4.78 is 5.12. The van der Waals surface area contributed by atoms with E-state index in [2.05, 4.69) is 15.1 Å². The second-order valence-corrected chi connectivity index (χ2v) is 8.63. The van der Waals surface area contributed by atoms with Gasteiger partial charge in [0.05, 0.1) is 13.0 Å². The molecule has 1 aromatic rings. The number of carbonyl (C=O) groups excluding carboxylic acids is 1. The Morgan fingerprint density at radius 3 is 2.64 bits per heavy atom. The van der Waals surface area contributed by atoms with Crippen LogP contribution in [-0.2, 0) is 11.3 Å². The van der Waals surface area contributed by atoms with Gasteiger partial charge in [-0.3, -0.25) is 14.6 Å². The minimum atomic E-state index is 0.176. The molecule has 2 heterocycles. The van der Waals surface area contributed by atoms with Gasteiger partial charge >= 0.3 is 0 Å². The Kier molecular flexibility index (Phi) is 6.07. The van der Waals surface area contributed by atoms with Gasteiger partial charge in [-0.15, -0.1) is 0 Å². The molecule has 2 aliphatic heterocycles. The van der Waals surface area contributed by atoms with Crippen molar-refractivity contribution in [1.82, 2.24) is 15.1 Å². The molecule has 3 fully saturated rings. The minimum Gasteiger partial charge on any atom is -0.504 e. The molecule has 1 saturated carbocycles. The average Bonchev–Trinajstić information content (AvgIpc) is 3.53. The largest absolute Gasteiger partial charge is 0.504 e. The highest BCUT2D eigenvalue weighted by molar-refractivity contribution is 5.79. The van der Waals surface area contributed by atoms with Crippen LogP contribution in [0.25, 0.3) is 0 Å². The molecule has 0 aromatic heterocycles. The van der Waals surface area contributed by atoms with Gasteiger partial charge < -0.3 is 15.2 Å². The fourth-order valence-electron chi connectivity index (χ4n) is 4.63. The van der Waals surface area contributed by atoms with Crippen LogP contribution in [-0.4, -0.2) is 66.2 Å². The number of benzene rings is 1. The topological polar surface area (TPSA) is 65.0 Å². The number of rotatable bonds is 6. The number of hydrogen-bond donors (Lipinski definition) is 2. The van der Waals surface area contributed by atoms with E-state index >= 15 is 0 Å². The fraction of sp³-hybridized carbons (Fsp3) is 0.682. The van der Waals surface area contributed by atoms with Gasteiger partial charge in [0.1, 0.15) is 0 Å². The third-order valence-electron chi connectivity index (χ3n) is 6.47. The van der Waals surface area contributed by atoms with Crippen LogP contribution >= 0.6 is 0 Å². The molecule has 6 heteroatoms. The van der Waals surface area contributed by atoms with Gasteiger partial charge in [0, 0.05) is 25.2 Å². The van der Waals surface area contributed by atoms with Gasteiger partial charge in [-0.25, -0.2) is 0 Å². The van der Waals surface area contributed by atoms with Gasteiger partial charge in [0.25, 0.3) is 0 Å². The Balaban J connectivity index is 1.25. The Labute approximate surface area is 167 Å². The highest BCUT2D eigenvalue weighted by Gasteiger charge is 2.33. The van der Waals surface area contributed by atoms with Gasteiger partial charge in [-0.1, -0.05) is 6.07 Å². The maximum Gasteiger partial charge on any atom is 0.224 e. The van der Waals surface area contributed by atoms with Crippen molar-refractivity contribution in [2.24, 2.45) is 5.92 Å². The molecule has 0 spiro atoms. The number of likely N-dealkylation sites (tertiary alicyclic amines) is 2. The second-order valence-electron chi connectivity index (χ2n) is 8.63. The van der Waals surface area contributed by atoms with Gasteiger partial charge in [0.15, 0.2) is 11.5 Å². The highest BCUT2D eigenvalue weighted by atomic mass is 16.5. The smallest absolute Gasteiger partial charge is 0.224 e. The lowest BCUT2D eigenvalue weighted by Gasteiger charge is -2.42. The van der Waals surface area contributed by atoms with E-state index in [9.17, 15) is 9.90 Å². The summed E-state index contributed by atoms with van der Waals surface area (Å²) in [5, 5.41) is 13.2. The lowest BCUT2D eigenvalue weighted by Crippen LogP contribution is -2.50. The molecule has 1 aliphatic carbocycles. The molecule has 1 unspecified atom stereocenters. The molecule has 1 aromatic carbocycles. The van der Waals surface area contributed by atoms with E-state index < -0.39 is 0 Å². The summed E-state index contributed by atoms with van der Waals surface area (Å²) in [6.45, 7) is 5.04. The monoisotopic (exact) mass is 387 g/mol. The Morgan fingerprint density at radius 1 is 1.18 bits per heavy atom. The maximum absolute atomic E-state index is 12.4.